The van der Waals surface area contributed by atoms with E-state index < -0.39 is 0 Å². The lowest BCUT2D eigenvalue weighted by Crippen LogP contribution is -2.30. The van der Waals surface area contributed by atoms with Gasteiger partial charge in [0.2, 0.25) is 11.8 Å². The number of para-hydroxylation sites is 1. The lowest BCUT2D eigenvalue weighted by molar-refractivity contribution is -0.121. The Morgan fingerprint density at radius 1 is 1.08 bits per heavy atom. The fourth-order valence-electron chi connectivity index (χ4n) is 3.26. The zero-order valence-corrected chi connectivity index (χ0v) is 13.9. The average molecular weight is 322 g/mol. The highest BCUT2D eigenvalue weighted by Crippen LogP contribution is 2.37. The van der Waals surface area contributed by atoms with Gasteiger partial charge in [0.25, 0.3) is 0 Å². The molecule has 0 spiro atoms. The first kappa shape index (κ1) is 16.2. The van der Waals surface area contributed by atoms with E-state index in [-0.39, 0.29) is 17.7 Å². The third-order valence-electron chi connectivity index (χ3n) is 4.46. The van der Waals surface area contributed by atoms with Gasteiger partial charge in [0.1, 0.15) is 0 Å². The predicted octanol–water partition coefficient (Wildman–Crippen LogP) is 2.89. The van der Waals surface area contributed by atoms with Crippen LogP contribution in [0.1, 0.15) is 30.4 Å². The molecule has 1 N–H and O–H groups in total. The van der Waals surface area contributed by atoms with Crippen LogP contribution in [-0.4, -0.2) is 24.9 Å². The molecule has 4 nitrogen and oxygen atoms in total. The lowest BCUT2D eigenvalue weighted by Gasteiger charge is -2.15. The Balaban J connectivity index is 1.56. The standard InChI is InChI=1S/C20H22N2O2/c1-15(23)22-14-17(18-9-5-6-10-19(18)22)13-20(24)21-12-11-16-7-3-2-4-8-16/h2-10,17H,11-14H2,1H3,(H,21,24). The van der Waals surface area contributed by atoms with Crippen LogP contribution in [0, 0.1) is 0 Å². The van der Waals surface area contributed by atoms with Crippen molar-refractivity contribution in [1.82, 2.24) is 5.32 Å². The van der Waals surface area contributed by atoms with Crippen molar-refractivity contribution in [2.24, 2.45) is 0 Å². The van der Waals surface area contributed by atoms with Crippen molar-refractivity contribution in [2.45, 2.75) is 25.7 Å². The van der Waals surface area contributed by atoms with Crippen LogP contribution in [0.15, 0.2) is 54.6 Å². The Morgan fingerprint density at radius 3 is 2.54 bits per heavy atom. The first-order valence-electron chi connectivity index (χ1n) is 8.33. The Morgan fingerprint density at radius 2 is 1.79 bits per heavy atom. The Kier molecular flexibility index (Phi) is 4.94. The minimum Gasteiger partial charge on any atom is -0.356 e. The maximum absolute atomic E-state index is 12.3. The summed E-state index contributed by atoms with van der Waals surface area (Å²) in [6.45, 7) is 2.79. The van der Waals surface area contributed by atoms with Gasteiger partial charge in [-0.05, 0) is 23.6 Å². The highest BCUT2D eigenvalue weighted by Gasteiger charge is 2.31. The smallest absolute Gasteiger partial charge is 0.223 e. The van der Waals surface area contributed by atoms with E-state index in [1.54, 1.807) is 11.8 Å². The van der Waals surface area contributed by atoms with E-state index in [4.69, 9.17) is 0 Å². The number of anilines is 1. The number of fused-ring (bicyclic) bond motifs is 1. The van der Waals surface area contributed by atoms with Crippen LogP contribution in [0.25, 0.3) is 0 Å². The van der Waals surface area contributed by atoms with Crippen LogP contribution < -0.4 is 10.2 Å². The third kappa shape index (κ3) is 3.65. The first-order valence-corrected chi connectivity index (χ1v) is 8.33. The molecular weight excluding hydrogens is 300 g/mol. The van der Waals surface area contributed by atoms with Crippen molar-refractivity contribution in [2.75, 3.05) is 18.0 Å². The topological polar surface area (TPSA) is 49.4 Å². The molecule has 4 heteroatoms. The molecule has 0 bridgehead atoms. The molecule has 2 aromatic rings. The van der Waals surface area contributed by atoms with Crippen molar-refractivity contribution in [3.05, 3.63) is 65.7 Å². The maximum Gasteiger partial charge on any atom is 0.223 e. The predicted molar refractivity (Wildman–Crippen MR) is 95.0 cm³/mol. The monoisotopic (exact) mass is 322 g/mol. The van der Waals surface area contributed by atoms with Crippen LogP contribution in [0.2, 0.25) is 0 Å². The van der Waals surface area contributed by atoms with E-state index in [0.29, 0.717) is 19.5 Å². The van der Waals surface area contributed by atoms with Crippen molar-refractivity contribution >= 4 is 17.5 Å². The minimum atomic E-state index is 0.0226. The Hall–Kier alpha value is -2.62. The van der Waals surface area contributed by atoms with Crippen molar-refractivity contribution < 1.29 is 9.59 Å². The summed E-state index contributed by atoms with van der Waals surface area (Å²) in [6, 6.07) is 18.0. The van der Waals surface area contributed by atoms with Crippen molar-refractivity contribution in [3.63, 3.8) is 0 Å². The van der Waals surface area contributed by atoms with E-state index in [1.165, 1.54) is 5.56 Å². The van der Waals surface area contributed by atoms with Gasteiger partial charge in [0.05, 0.1) is 0 Å². The number of nitrogens with zero attached hydrogens (tertiary/aromatic N) is 1. The second kappa shape index (κ2) is 7.30. The normalized spacial score (nSPS) is 15.9. The average Bonchev–Trinajstić information content (AvgIpc) is 2.95. The number of amides is 2. The fraction of sp³-hybridized carbons (Fsp3) is 0.300. The first-order chi connectivity index (χ1) is 11.6. The molecule has 0 fully saturated rings. The molecule has 1 unspecified atom stereocenters. The molecule has 0 saturated heterocycles. The van der Waals surface area contributed by atoms with Gasteiger partial charge in [-0.3, -0.25) is 9.59 Å². The molecule has 0 aliphatic carbocycles. The highest BCUT2D eigenvalue weighted by atomic mass is 16.2. The van der Waals surface area contributed by atoms with E-state index >= 15 is 0 Å². The molecule has 1 aliphatic rings. The van der Waals surface area contributed by atoms with Gasteiger partial charge in [0.15, 0.2) is 0 Å². The number of hydrogen-bond acceptors (Lipinski definition) is 2. The zero-order chi connectivity index (χ0) is 16.9. The van der Waals surface area contributed by atoms with E-state index in [1.807, 2.05) is 42.5 Å². The molecular formula is C20H22N2O2. The minimum absolute atomic E-state index is 0.0226. The number of carbonyl (C=O) groups excluding carboxylic acids is 2. The summed E-state index contributed by atoms with van der Waals surface area (Å²) < 4.78 is 0. The number of benzene rings is 2. The summed E-state index contributed by atoms with van der Waals surface area (Å²) in [5.74, 6) is 0.132. The third-order valence-corrected chi connectivity index (χ3v) is 4.46. The van der Waals surface area contributed by atoms with Gasteiger partial charge >= 0.3 is 0 Å². The molecule has 2 aromatic carbocycles. The highest BCUT2D eigenvalue weighted by molar-refractivity contribution is 5.94. The Bertz CT molecular complexity index is 727. The summed E-state index contributed by atoms with van der Waals surface area (Å²) in [5, 5.41) is 2.99. The Labute approximate surface area is 142 Å². The molecule has 0 aromatic heterocycles. The summed E-state index contributed by atoms with van der Waals surface area (Å²) in [6.07, 6.45) is 1.24. The van der Waals surface area contributed by atoms with Gasteiger partial charge in [-0.15, -0.1) is 0 Å². The van der Waals surface area contributed by atoms with Crippen molar-refractivity contribution in [1.29, 1.82) is 0 Å². The lowest BCUT2D eigenvalue weighted by atomic mass is 9.97. The SMILES string of the molecule is CC(=O)N1CC(CC(=O)NCCc2ccccc2)c2ccccc21. The molecule has 0 radical (unpaired) electrons. The summed E-state index contributed by atoms with van der Waals surface area (Å²) in [4.78, 5) is 25.8. The fourth-order valence-corrected chi connectivity index (χ4v) is 3.26. The number of rotatable bonds is 5. The molecule has 124 valence electrons. The summed E-state index contributed by atoms with van der Waals surface area (Å²) >= 11 is 0. The van der Waals surface area contributed by atoms with Gasteiger partial charge in [-0.1, -0.05) is 48.5 Å². The zero-order valence-electron chi connectivity index (χ0n) is 13.9. The van der Waals surface area contributed by atoms with E-state index in [9.17, 15) is 9.59 Å². The molecule has 2 amide bonds. The molecule has 1 atom stereocenters. The van der Waals surface area contributed by atoms with E-state index in [0.717, 1.165) is 17.7 Å². The quantitative estimate of drug-likeness (QED) is 0.920. The largest absolute Gasteiger partial charge is 0.356 e. The van der Waals surface area contributed by atoms with Crippen LogP contribution in [0.5, 0.6) is 0 Å². The summed E-state index contributed by atoms with van der Waals surface area (Å²) in [7, 11) is 0. The second-order valence-electron chi connectivity index (χ2n) is 6.18. The van der Waals surface area contributed by atoms with Crippen LogP contribution in [0.3, 0.4) is 0 Å². The molecule has 1 aliphatic heterocycles. The molecule has 1 heterocycles. The number of carbonyl (C=O) groups is 2. The van der Waals surface area contributed by atoms with Gasteiger partial charge in [-0.2, -0.15) is 0 Å². The number of hydrogen-bond donors (Lipinski definition) is 1. The molecule has 0 saturated carbocycles. The van der Waals surface area contributed by atoms with Gasteiger partial charge in [0, 0.05) is 38.0 Å². The van der Waals surface area contributed by atoms with Crippen LogP contribution >= 0.6 is 0 Å². The van der Waals surface area contributed by atoms with Gasteiger partial charge < -0.3 is 10.2 Å². The van der Waals surface area contributed by atoms with Gasteiger partial charge in [-0.25, -0.2) is 0 Å². The second-order valence-corrected chi connectivity index (χ2v) is 6.18. The van der Waals surface area contributed by atoms with E-state index in [2.05, 4.69) is 17.4 Å². The maximum atomic E-state index is 12.3. The van der Waals surface area contributed by atoms with Crippen molar-refractivity contribution in [3.8, 4) is 0 Å². The number of nitrogens with one attached hydrogen (secondary N) is 1. The molecule has 24 heavy (non-hydrogen) atoms. The van der Waals surface area contributed by atoms with Crippen LogP contribution in [0.4, 0.5) is 5.69 Å². The van der Waals surface area contributed by atoms with Crippen LogP contribution in [-0.2, 0) is 16.0 Å². The molecule has 3 rings (SSSR count). The summed E-state index contributed by atoms with van der Waals surface area (Å²) in [5.41, 5.74) is 3.24.